The molecular formula is C25H43N5O5. The summed E-state index contributed by atoms with van der Waals surface area (Å²) in [5.74, 6) is -1.49. The number of methoxy groups -OCH3 is 1. The first-order valence-corrected chi connectivity index (χ1v) is 12.5. The van der Waals surface area contributed by atoms with Gasteiger partial charge in [0.2, 0.25) is 17.7 Å². The van der Waals surface area contributed by atoms with Crippen LogP contribution in [0.25, 0.3) is 0 Å². The van der Waals surface area contributed by atoms with Crippen LogP contribution in [0.5, 0.6) is 0 Å². The van der Waals surface area contributed by atoms with Crippen LogP contribution in [0.4, 0.5) is 0 Å². The van der Waals surface area contributed by atoms with E-state index in [-0.39, 0.29) is 23.7 Å². The Bertz CT molecular complexity index is 777. The smallest absolute Gasteiger partial charge is 0.328 e. The van der Waals surface area contributed by atoms with Crippen molar-refractivity contribution >= 4 is 23.7 Å². The van der Waals surface area contributed by atoms with E-state index in [1.54, 1.807) is 0 Å². The molecule has 3 amide bonds. The molecule has 0 spiro atoms. The van der Waals surface area contributed by atoms with Gasteiger partial charge in [-0.2, -0.15) is 5.26 Å². The van der Waals surface area contributed by atoms with Crippen molar-refractivity contribution in [2.24, 2.45) is 17.8 Å². The van der Waals surface area contributed by atoms with Crippen molar-refractivity contribution in [1.82, 2.24) is 20.9 Å². The maximum atomic E-state index is 13.3. The zero-order valence-corrected chi connectivity index (χ0v) is 22.2. The topological polar surface area (TPSA) is 141 Å². The third-order valence-electron chi connectivity index (χ3n) is 5.87. The standard InChI is InChI=1S/C25H43N5O5/c1-15(2)11-18(23(32)29-20(13-17(5)6)25(34)35-7)27-22(31)19(12-16(3)4)28-24(33)21-9-8-10-30(21)14-26/h15-21H,8-13H2,1-7H3,(H,27,31)(H,28,33)(H,29,32)/t18-,19-,20-,21-/m0/s1. The molecule has 1 heterocycles. The van der Waals surface area contributed by atoms with E-state index in [2.05, 4.69) is 16.0 Å². The lowest BCUT2D eigenvalue weighted by Crippen LogP contribution is -2.57. The molecule has 1 aliphatic rings. The van der Waals surface area contributed by atoms with E-state index in [0.717, 1.165) is 6.42 Å². The average Bonchev–Trinajstić information content (AvgIpc) is 3.25. The van der Waals surface area contributed by atoms with Crippen molar-refractivity contribution < 1.29 is 23.9 Å². The lowest BCUT2D eigenvalue weighted by molar-refractivity contribution is -0.146. The number of rotatable bonds is 13. The lowest BCUT2D eigenvalue weighted by atomic mass is 9.98. The molecule has 0 radical (unpaired) electrons. The van der Waals surface area contributed by atoms with Gasteiger partial charge in [-0.25, -0.2) is 4.79 Å². The van der Waals surface area contributed by atoms with Gasteiger partial charge < -0.3 is 20.7 Å². The molecule has 35 heavy (non-hydrogen) atoms. The Kier molecular flexibility index (Phi) is 12.5. The molecule has 4 atom stereocenters. The molecule has 0 aliphatic carbocycles. The predicted molar refractivity (Wildman–Crippen MR) is 132 cm³/mol. The molecular weight excluding hydrogens is 450 g/mol. The quantitative estimate of drug-likeness (QED) is 0.262. The van der Waals surface area contributed by atoms with Crippen LogP contribution in [0, 0.1) is 29.2 Å². The molecule has 0 aromatic carbocycles. The van der Waals surface area contributed by atoms with Crippen LogP contribution in [-0.2, 0) is 23.9 Å². The van der Waals surface area contributed by atoms with Crippen molar-refractivity contribution in [2.75, 3.05) is 13.7 Å². The highest BCUT2D eigenvalue weighted by Gasteiger charge is 2.34. The summed E-state index contributed by atoms with van der Waals surface area (Å²) in [4.78, 5) is 52.8. The number of ether oxygens (including phenoxy) is 1. The van der Waals surface area contributed by atoms with Gasteiger partial charge in [-0.05, 0) is 49.9 Å². The molecule has 198 valence electrons. The Morgan fingerprint density at radius 3 is 1.77 bits per heavy atom. The summed E-state index contributed by atoms with van der Waals surface area (Å²) in [6, 6.07) is -3.13. The number of likely N-dealkylation sites (tertiary alicyclic amines) is 1. The average molecular weight is 494 g/mol. The van der Waals surface area contributed by atoms with Gasteiger partial charge in [0.05, 0.1) is 7.11 Å². The third-order valence-corrected chi connectivity index (χ3v) is 5.87. The van der Waals surface area contributed by atoms with Crippen LogP contribution >= 0.6 is 0 Å². The molecule has 0 aromatic rings. The minimum Gasteiger partial charge on any atom is -0.467 e. The van der Waals surface area contributed by atoms with Gasteiger partial charge in [0.15, 0.2) is 6.19 Å². The van der Waals surface area contributed by atoms with Crippen molar-refractivity contribution in [2.45, 2.75) is 97.8 Å². The molecule has 1 rings (SSSR count). The number of nitrogens with one attached hydrogen (secondary N) is 3. The van der Waals surface area contributed by atoms with Gasteiger partial charge in [-0.1, -0.05) is 41.5 Å². The monoisotopic (exact) mass is 493 g/mol. The van der Waals surface area contributed by atoms with Gasteiger partial charge in [-0.15, -0.1) is 0 Å². The van der Waals surface area contributed by atoms with Gasteiger partial charge in [-0.3, -0.25) is 19.3 Å². The predicted octanol–water partition coefficient (Wildman–Crippen LogP) is 1.70. The van der Waals surface area contributed by atoms with Gasteiger partial charge >= 0.3 is 5.97 Å². The number of amides is 3. The molecule has 3 N–H and O–H groups in total. The molecule has 0 aromatic heterocycles. The first-order chi connectivity index (χ1) is 16.4. The molecule has 0 unspecified atom stereocenters. The van der Waals surface area contributed by atoms with Crippen LogP contribution in [0.2, 0.25) is 0 Å². The summed E-state index contributed by atoms with van der Waals surface area (Å²) in [5, 5.41) is 17.6. The molecule has 1 saturated heterocycles. The molecule has 10 heteroatoms. The fraction of sp³-hybridized carbons (Fsp3) is 0.800. The molecule has 1 aliphatic heterocycles. The molecule has 0 bridgehead atoms. The highest BCUT2D eigenvalue weighted by atomic mass is 16.5. The van der Waals surface area contributed by atoms with E-state index in [0.29, 0.717) is 32.2 Å². The number of hydrogen-bond acceptors (Lipinski definition) is 7. The Hall–Kier alpha value is -2.83. The summed E-state index contributed by atoms with van der Waals surface area (Å²) < 4.78 is 4.83. The number of carbonyl (C=O) groups is 4. The first-order valence-electron chi connectivity index (χ1n) is 12.5. The lowest BCUT2D eigenvalue weighted by Gasteiger charge is -2.28. The zero-order valence-electron chi connectivity index (χ0n) is 22.2. The zero-order chi connectivity index (χ0) is 26.7. The van der Waals surface area contributed by atoms with E-state index in [4.69, 9.17) is 4.74 Å². The van der Waals surface area contributed by atoms with E-state index in [1.165, 1.54) is 12.0 Å². The number of carbonyl (C=O) groups excluding carboxylic acids is 4. The van der Waals surface area contributed by atoms with Gasteiger partial charge in [0.1, 0.15) is 24.2 Å². The van der Waals surface area contributed by atoms with Crippen molar-refractivity contribution in [3.8, 4) is 6.19 Å². The van der Waals surface area contributed by atoms with Crippen molar-refractivity contribution in [3.63, 3.8) is 0 Å². The van der Waals surface area contributed by atoms with E-state index in [9.17, 15) is 24.4 Å². The van der Waals surface area contributed by atoms with E-state index < -0.39 is 42.0 Å². The highest BCUT2D eigenvalue weighted by Crippen LogP contribution is 2.17. The van der Waals surface area contributed by atoms with Crippen LogP contribution in [0.15, 0.2) is 0 Å². The van der Waals surface area contributed by atoms with E-state index in [1.807, 2.05) is 47.7 Å². The van der Waals surface area contributed by atoms with Crippen LogP contribution < -0.4 is 16.0 Å². The fourth-order valence-electron chi connectivity index (χ4n) is 4.21. The SMILES string of the molecule is COC(=O)[C@H](CC(C)C)NC(=O)[C@H](CC(C)C)NC(=O)[C@H](CC(C)C)NC(=O)[C@@H]1CCCN1C#N. The maximum Gasteiger partial charge on any atom is 0.328 e. The minimum absolute atomic E-state index is 0.0912. The molecule has 1 fully saturated rings. The Labute approximate surface area is 209 Å². The van der Waals surface area contributed by atoms with E-state index >= 15 is 0 Å². The third kappa shape index (κ3) is 10.1. The second-order valence-electron chi connectivity index (χ2n) is 10.5. The second kappa shape index (κ2) is 14.5. The molecule has 0 saturated carbocycles. The maximum absolute atomic E-state index is 13.3. The largest absolute Gasteiger partial charge is 0.467 e. The van der Waals surface area contributed by atoms with Crippen LogP contribution in [0.1, 0.15) is 73.6 Å². The van der Waals surface area contributed by atoms with Crippen LogP contribution in [0.3, 0.4) is 0 Å². The molecule has 10 nitrogen and oxygen atoms in total. The van der Waals surface area contributed by atoms with Gasteiger partial charge in [0.25, 0.3) is 0 Å². The second-order valence-corrected chi connectivity index (χ2v) is 10.5. The van der Waals surface area contributed by atoms with Crippen molar-refractivity contribution in [3.05, 3.63) is 0 Å². The summed E-state index contributed by atoms with van der Waals surface area (Å²) in [6.45, 7) is 12.1. The first kappa shape index (κ1) is 30.2. The van der Waals surface area contributed by atoms with Crippen LogP contribution in [-0.4, -0.2) is 66.4 Å². The summed E-state index contributed by atoms with van der Waals surface area (Å²) >= 11 is 0. The minimum atomic E-state index is -0.879. The Morgan fingerprint density at radius 1 is 0.857 bits per heavy atom. The Balaban J connectivity index is 3.00. The summed E-state index contributed by atoms with van der Waals surface area (Å²) in [7, 11) is 1.27. The normalized spacial score (nSPS) is 18.1. The fourth-order valence-corrected chi connectivity index (χ4v) is 4.21. The number of esters is 1. The Morgan fingerprint density at radius 2 is 1.31 bits per heavy atom. The van der Waals surface area contributed by atoms with Gasteiger partial charge in [0, 0.05) is 6.54 Å². The number of nitrogens with zero attached hydrogens (tertiary/aromatic N) is 2. The number of nitriles is 1. The summed E-state index contributed by atoms with van der Waals surface area (Å²) in [5.41, 5.74) is 0. The van der Waals surface area contributed by atoms with Crippen molar-refractivity contribution in [1.29, 1.82) is 5.26 Å². The highest BCUT2D eigenvalue weighted by molar-refractivity contribution is 5.94. The number of hydrogen-bond donors (Lipinski definition) is 3. The summed E-state index contributed by atoms with van der Waals surface area (Å²) in [6.07, 6.45) is 4.47.